The number of halogens is 7. The number of hydrogen-bond donors (Lipinski definition) is 2. The summed E-state index contributed by atoms with van der Waals surface area (Å²) in [6.45, 7) is 3.60. The zero-order chi connectivity index (χ0) is 26.1. The van der Waals surface area contributed by atoms with Crippen molar-refractivity contribution in [3.63, 3.8) is 0 Å². The summed E-state index contributed by atoms with van der Waals surface area (Å²) < 4.78 is 78.5. The maximum absolute atomic E-state index is 13.6. The van der Waals surface area contributed by atoms with Crippen LogP contribution in [0, 0.1) is 5.92 Å². The Morgan fingerprint density at radius 3 is 2.03 bits per heavy atom. The van der Waals surface area contributed by atoms with Crippen molar-refractivity contribution < 1.29 is 41.0 Å². The minimum atomic E-state index is -4.79. The predicted octanol–water partition coefficient (Wildman–Crippen LogP) is 6.73. The summed E-state index contributed by atoms with van der Waals surface area (Å²) >= 11 is 6.08. The number of aliphatic carboxylic acids is 1. The summed E-state index contributed by atoms with van der Waals surface area (Å²) in [5, 5.41) is 11.7. The van der Waals surface area contributed by atoms with Crippen molar-refractivity contribution >= 4 is 29.2 Å². The molecule has 2 atom stereocenters. The van der Waals surface area contributed by atoms with Crippen LogP contribution in [0.3, 0.4) is 0 Å². The quantitative estimate of drug-likeness (QED) is 0.407. The van der Waals surface area contributed by atoms with Crippen LogP contribution in [0.5, 0.6) is 0 Å². The van der Waals surface area contributed by atoms with Gasteiger partial charge in [-0.3, -0.25) is 9.59 Å². The molecule has 0 bridgehead atoms. The van der Waals surface area contributed by atoms with E-state index in [1.165, 1.54) is 32.0 Å². The molecule has 0 aliphatic heterocycles. The van der Waals surface area contributed by atoms with Crippen LogP contribution in [-0.2, 0) is 21.4 Å². The van der Waals surface area contributed by atoms with Gasteiger partial charge in [-0.1, -0.05) is 48.9 Å². The number of amides is 1. The van der Waals surface area contributed by atoms with E-state index in [0.29, 0.717) is 0 Å². The average molecular weight is 510 g/mol. The zero-order valence-corrected chi connectivity index (χ0v) is 19.1. The van der Waals surface area contributed by atoms with Gasteiger partial charge in [-0.2, -0.15) is 26.3 Å². The SMILES string of the molecule is CC(C(C(=O)Nc1cc(C(C)(C)C(=O)O)ccc1Cl)c1ccc(CC(F)(F)F)cc1)C(F)(F)F. The minimum Gasteiger partial charge on any atom is -0.481 e. The predicted molar refractivity (Wildman–Crippen MR) is 115 cm³/mol. The molecule has 2 rings (SSSR count). The van der Waals surface area contributed by atoms with Crippen molar-refractivity contribution in [3.05, 3.63) is 64.2 Å². The van der Waals surface area contributed by atoms with E-state index in [4.69, 9.17) is 11.6 Å². The lowest BCUT2D eigenvalue weighted by Gasteiger charge is -2.27. The van der Waals surface area contributed by atoms with Gasteiger partial charge in [-0.05, 0) is 42.7 Å². The van der Waals surface area contributed by atoms with Gasteiger partial charge in [-0.15, -0.1) is 0 Å². The van der Waals surface area contributed by atoms with Crippen molar-refractivity contribution in [2.45, 2.75) is 50.9 Å². The van der Waals surface area contributed by atoms with E-state index in [2.05, 4.69) is 5.32 Å². The van der Waals surface area contributed by atoms with Crippen LogP contribution < -0.4 is 5.32 Å². The molecule has 186 valence electrons. The number of rotatable bonds is 7. The van der Waals surface area contributed by atoms with Crippen molar-refractivity contribution in [2.75, 3.05) is 5.32 Å². The second-order valence-corrected chi connectivity index (χ2v) is 8.86. The fourth-order valence-electron chi connectivity index (χ4n) is 3.27. The molecule has 0 fully saturated rings. The standard InChI is InChI=1S/C23H22ClF6NO3/c1-12(23(28,29)30)18(14-6-4-13(5-7-14)11-22(25,26)27)19(32)31-17-10-15(8-9-16(17)24)21(2,3)20(33)34/h4-10,12,18H,11H2,1-3H3,(H,31,32)(H,33,34). The molecule has 0 spiro atoms. The van der Waals surface area contributed by atoms with E-state index in [-0.39, 0.29) is 27.4 Å². The first kappa shape index (κ1) is 27.5. The van der Waals surface area contributed by atoms with Crippen molar-refractivity contribution in [3.8, 4) is 0 Å². The Kier molecular flexibility index (Phi) is 7.97. The first-order valence-corrected chi connectivity index (χ1v) is 10.4. The van der Waals surface area contributed by atoms with Crippen molar-refractivity contribution in [2.24, 2.45) is 5.92 Å². The van der Waals surface area contributed by atoms with Crippen LogP contribution in [0.2, 0.25) is 5.02 Å². The first-order valence-electron chi connectivity index (χ1n) is 10.00. The molecule has 2 aromatic carbocycles. The molecule has 0 aromatic heterocycles. The van der Waals surface area contributed by atoms with Crippen LogP contribution in [0.15, 0.2) is 42.5 Å². The molecular formula is C23H22ClF6NO3. The van der Waals surface area contributed by atoms with E-state index in [0.717, 1.165) is 31.2 Å². The molecule has 2 N–H and O–H groups in total. The number of benzene rings is 2. The summed E-state index contributed by atoms with van der Waals surface area (Å²) in [5.74, 6) is -6.25. The van der Waals surface area contributed by atoms with Crippen LogP contribution in [0.1, 0.15) is 43.4 Å². The number of carboxylic acid groups (broad SMARTS) is 1. The third kappa shape index (κ3) is 6.65. The number of carboxylic acids is 1. The van der Waals surface area contributed by atoms with Crippen LogP contribution >= 0.6 is 11.6 Å². The lowest BCUT2D eigenvalue weighted by molar-refractivity contribution is -0.178. The molecule has 0 saturated heterocycles. The maximum Gasteiger partial charge on any atom is 0.393 e. The number of alkyl halides is 6. The lowest BCUT2D eigenvalue weighted by atomic mass is 9.84. The van der Waals surface area contributed by atoms with Crippen LogP contribution in [0.4, 0.5) is 32.0 Å². The third-order valence-electron chi connectivity index (χ3n) is 5.52. The molecule has 34 heavy (non-hydrogen) atoms. The first-order chi connectivity index (χ1) is 15.4. The van der Waals surface area contributed by atoms with Gasteiger partial charge in [-0.25, -0.2) is 0 Å². The summed E-state index contributed by atoms with van der Waals surface area (Å²) in [5.41, 5.74) is -1.52. The second-order valence-electron chi connectivity index (χ2n) is 8.46. The number of anilines is 1. The Bertz CT molecular complexity index is 1050. The van der Waals surface area contributed by atoms with E-state index in [9.17, 15) is 41.0 Å². The Hall–Kier alpha value is -2.75. The molecule has 2 aromatic rings. The van der Waals surface area contributed by atoms with Gasteiger partial charge in [0.2, 0.25) is 5.91 Å². The number of nitrogens with one attached hydrogen (secondary N) is 1. The number of carbonyl (C=O) groups is 2. The highest BCUT2D eigenvalue weighted by molar-refractivity contribution is 6.33. The fourth-order valence-corrected chi connectivity index (χ4v) is 3.44. The molecule has 0 aliphatic carbocycles. The van der Waals surface area contributed by atoms with E-state index in [1.54, 1.807) is 0 Å². The van der Waals surface area contributed by atoms with Crippen molar-refractivity contribution in [1.29, 1.82) is 0 Å². The second kappa shape index (κ2) is 9.85. The zero-order valence-electron chi connectivity index (χ0n) is 18.3. The molecule has 1 amide bonds. The average Bonchev–Trinajstić information content (AvgIpc) is 2.69. The number of hydrogen-bond acceptors (Lipinski definition) is 2. The Labute approximate surface area is 196 Å². The summed E-state index contributed by atoms with van der Waals surface area (Å²) in [6.07, 6.45) is -10.5. The smallest absolute Gasteiger partial charge is 0.393 e. The highest BCUT2D eigenvalue weighted by Gasteiger charge is 2.45. The van der Waals surface area contributed by atoms with Gasteiger partial charge < -0.3 is 10.4 Å². The topological polar surface area (TPSA) is 66.4 Å². The third-order valence-corrected chi connectivity index (χ3v) is 5.85. The van der Waals surface area contributed by atoms with Gasteiger partial charge in [0.25, 0.3) is 0 Å². The van der Waals surface area contributed by atoms with Crippen molar-refractivity contribution in [1.82, 2.24) is 0 Å². The summed E-state index contributed by atoms with van der Waals surface area (Å²) in [4.78, 5) is 24.5. The molecule has 4 nitrogen and oxygen atoms in total. The van der Waals surface area contributed by atoms with Crippen LogP contribution in [0.25, 0.3) is 0 Å². The molecule has 0 radical (unpaired) electrons. The minimum absolute atomic E-state index is 0.0303. The highest BCUT2D eigenvalue weighted by Crippen LogP contribution is 2.39. The van der Waals surface area contributed by atoms with Gasteiger partial charge >= 0.3 is 18.3 Å². The largest absolute Gasteiger partial charge is 0.481 e. The highest BCUT2D eigenvalue weighted by atomic mass is 35.5. The molecule has 2 unspecified atom stereocenters. The van der Waals surface area contributed by atoms with E-state index in [1.807, 2.05) is 0 Å². The maximum atomic E-state index is 13.6. The molecule has 0 aliphatic rings. The normalized spacial score (nSPS) is 14.4. The monoisotopic (exact) mass is 509 g/mol. The van der Waals surface area contributed by atoms with Gasteiger partial charge in [0.05, 0.1) is 34.4 Å². The van der Waals surface area contributed by atoms with Gasteiger partial charge in [0.1, 0.15) is 0 Å². The van der Waals surface area contributed by atoms with Crippen LogP contribution in [-0.4, -0.2) is 29.3 Å². The molecular weight excluding hydrogens is 488 g/mol. The van der Waals surface area contributed by atoms with Gasteiger partial charge in [0.15, 0.2) is 0 Å². The number of carbonyl (C=O) groups excluding carboxylic acids is 1. The lowest BCUT2D eigenvalue weighted by Crippen LogP contribution is -2.34. The molecule has 11 heteroatoms. The Balaban J connectivity index is 2.44. The Morgan fingerprint density at radius 2 is 1.56 bits per heavy atom. The van der Waals surface area contributed by atoms with Gasteiger partial charge in [0, 0.05) is 0 Å². The van der Waals surface area contributed by atoms with E-state index < -0.39 is 47.9 Å². The fraction of sp³-hybridized carbons (Fsp3) is 0.391. The molecule has 0 heterocycles. The summed E-state index contributed by atoms with van der Waals surface area (Å²) in [6, 6.07) is 8.14. The Morgan fingerprint density at radius 1 is 1.00 bits per heavy atom. The summed E-state index contributed by atoms with van der Waals surface area (Å²) in [7, 11) is 0. The van der Waals surface area contributed by atoms with E-state index >= 15 is 0 Å². The molecule has 0 saturated carbocycles.